The van der Waals surface area contributed by atoms with Crippen LogP contribution in [0, 0.1) is 6.92 Å². The molecule has 3 rings (SSSR count). The summed E-state index contributed by atoms with van der Waals surface area (Å²) in [4.78, 5) is 50.0. The van der Waals surface area contributed by atoms with Crippen LogP contribution in [0.4, 0.5) is 10.5 Å². The van der Waals surface area contributed by atoms with Crippen molar-refractivity contribution in [3.8, 4) is 0 Å². The van der Waals surface area contributed by atoms with E-state index in [-0.39, 0.29) is 12.5 Å². The van der Waals surface area contributed by atoms with Crippen LogP contribution in [0.25, 0.3) is 0 Å². The van der Waals surface area contributed by atoms with Gasteiger partial charge in [-0.05, 0) is 50.2 Å². The SMILES string of the molecule is CCC(=O)Nc1ccc(C(=O)CN2C(=O)NC(C)(c3ccc(C)o3)C2=O)cc1. The minimum absolute atomic E-state index is 0.133. The van der Waals surface area contributed by atoms with Crippen molar-refractivity contribution in [3.05, 3.63) is 53.5 Å². The van der Waals surface area contributed by atoms with Gasteiger partial charge >= 0.3 is 6.03 Å². The van der Waals surface area contributed by atoms with E-state index in [1.165, 1.54) is 0 Å². The van der Waals surface area contributed by atoms with E-state index in [0.29, 0.717) is 29.2 Å². The molecule has 2 N–H and O–H groups in total. The Labute approximate surface area is 161 Å². The summed E-state index contributed by atoms with van der Waals surface area (Å²) in [5.74, 6) is -0.146. The second kappa shape index (κ2) is 7.30. The number of urea groups is 1. The van der Waals surface area contributed by atoms with Gasteiger partial charge in [0.05, 0.1) is 6.54 Å². The zero-order chi connectivity index (χ0) is 20.5. The Morgan fingerprint density at radius 1 is 1.14 bits per heavy atom. The molecule has 8 nitrogen and oxygen atoms in total. The molecule has 1 aromatic carbocycles. The van der Waals surface area contributed by atoms with Crippen LogP contribution in [0.2, 0.25) is 0 Å². The van der Waals surface area contributed by atoms with Crippen molar-refractivity contribution in [2.24, 2.45) is 0 Å². The van der Waals surface area contributed by atoms with E-state index < -0.39 is 23.3 Å². The third-order valence-corrected chi connectivity index (χ3v) is 4.62. The fourth-order valence-corrected chi connectivity index (χ4v) is 2.93. The van der Waals surface area contributed by atoms with Gasteiger partial charge in [0.15, 0.2) is 11.3 Å². The predicted molar refractivity (Wildman–Crippen MR) is 101 cm³/mol. The number of hydrogen-bond donors (Lipinski definition) is 2. The van der Waals surface area contributed by atoms with E-state index in [2.05, 4.69) is 10.6 Å². The van der Waals surface area contributed by atoms with Crippen LogP contribution in [-0.2, 0) is 15.1 Å². The quantitative estimate of drug-likeness (QED) is 0.589. The summed E-state index contributed by atoms with van der Waals surface area (Å²) in [6.45, 7) is 4.63. The van der Waals surface area contributed by atoms with Gasteiger partial charge < -0.3 is 15.1 Å². The molecule has 8 heteroatoms. The van der Waals surface area contributed by atoms with Gasteiger partial charge in [0.25, 0.3) is 5.91 Å². The van der Waals surface area contributed by atoms with E-state index in [1.807, 2.05) is 0 Å². The number of aryl methyl sites for hydroxylation is 1. The number of Topliss-reactive ketones (excluding diaryl/α,β-unsaturated/α-hetero) is 1. The molecule has 1 aromatic heterocycles. The lowest BCUT2D eigenvalue weighted by Crippen LogP contribution is -2.41. The zero-order valence-corrected chi connectivity index (χ0v) is 15.9. The van der Waals surface area contributed by atoms with Crippen LogP contribution in [0.3, 0.4) is 0 Å². The molecule has 0 radical (unpaired) electrons. The van der Waals surface area contributed by atoms with Crippen molar-refractivity contribution in [1.82, 2.24) is 10.2 Å². The molecule has 1 atom stereocenters. The number of nitrogens with zero attached hydrogens (tertiary/aromatic N) is 1. The highest BCUT2D eigenvalue weighted by molar-refractivity contribution is 6.11. The molecule has 0 saturated carbocycles. The van der Waals surface area contributed by atoms with Gasteiger partial charge in [0.1, 0.15) is 11.5 Å². The highest BCUT2D eigenvalue weighted by atomic mass is 16.3. The number of carbonyl (C=O) groups excluding carboxylic acids is 4. The molecule has 28 heavy (non-hydrogen) atoms. The summed E-state index contributed by atoms with van der Waals surface area (Å²) < 4.78 is 5.50. The van der Waals surface area contributed by atoms with Gasteiger partial charge in [0.2, 0.25) is 5.91 Å². The summed E-state index contributed by atoms with van der Waals surface area (Å²) >= 11 is 0. The zero-order valence-electron chi connectivity index (χ0n) is 15.9. The van der Waals surface area contributed by atoms with E-state index >= 15 is 0 Å². The van der Waals surface area contributed by atoms with Crippen molar-refractivity contribution in [1.29, 1.82) is 0 Å². The lowest BCUT2D eigenvalue weighted by molar-refractivity contribution is -0.131. The first-order chi connectivity index (χ1) is 13.2. The first-order valence-electron chi connectivity index (χ1n) is 8.88. The molecule has 1 saturated heterocycles. The standard InChI is InChI=1S/C20H21N3O5/c1-4-17(25)21-14-8-6-13(7-9-14)15(24)11-23-18(26)20(3,22-19(23)27)16-10-5-12(2)28-16/h5-10H,4,11H2,1-3H3,(H,21,25)(H,22,27). The Morgan fingerprint density at radius 3 is 2.39 bits per heavy atom. The Hall–Kier alpha value is -3.42. The number of furan rings is 1. The minimum atomic E-state index is -1.35. The van der Waals surface area contributed by atoms with E-state index in [9.17, 15) is 19.2 Å². The molecule has 4 amide bonds. The highest BCUT2D eigenvalue weighted by Crippen LogP contribution is 2.30. The fraction of sp³-hybridized carbons (Fsp3) is 0.300. The van der Waals surface area contributed by atoms with Gasteiger partial charge in [-0.25, -0.2) is 4.79 Å². The van der Waals surface area contributed by atoms with Crippen molar-refractivity contribution < 1.29 is 23.6 Å². The van der Waals surface area contributed by atoms with E-state index in [4.69, 9.17) is 4.42 Å². The number of carbonyl (C=O) groups is 4. The fourth-order valence-electron chi connectivity index (χ4n) is 2.93. The van der Waals surface area contributed by atoms with Crippen LogP contribution in [0.1, 0.15) is 42.1 Å². The lowest BCUT2D eigenvalue weighted by Gasteiger charge is -2.19. The van der Waals surface area contributed by atoms with Gasteiger partial charge in [-0.15, -0.1) is 0 Å². The number of amides is 4. The van der Waals surface area contributed by atoms with Gasteiger partial charge in [0, 0.05) is 17.7 Å². The second-order valence-corrected chi connectivity index (χ2v) is 6.76. The third kappa shape index (κ3) is 3.53. The molecule has 146 valence electrons. The molecule has 1 fully saturated rings. The molecule has 2 heterocycles. The van der Waals surface area contributed by atoms with Crippen molar-refractivity contribution in [3.63, 3.8) is 0 Å². The van der Waals surface area contributed by atoms with Crippen LogP contribution >= 0.6 is 0 Å². The molecular weight excluding hydrogens is 362 g/mol. The van der Waals surface area contributed by atoms with Gasteiger partial charge in [-0.3, -0.25) is 19.3 Å². The Morgan fingerprint density at radius 2 is 1.82 bits per heavy atom. The Bertz CT molecular complexity index is 947. The molecule has 0 aliphatic carbocycles. The summed E-state index contributed by atoms with van der Waals surface area (Å²) in [6, 6.07) is 8.96. The molecule has 1 aliphatic rings. The van der Waals surface area contributed by atoms with Crippen molar-refractivity contribution in [2.45, 2.75) is 32.7 Å². The van der Waals surface area contributed by atoms with Crippen molar-refractivity contribution >= 4 is 29.3 Å². The average Bonchev–Trinajstić information content (AvgIpc) is 3.20. The number of rotatable bonds is 6. The first kappa shape index (κ1) is 19.3. The highest BCUT2D eigenvalue weighted by Gasteiger charge is 2.51. The molecule has 0 bridgehead atoms. The summed E-state index contributed by atoms with van der Waals surface area (Å²) in [5.41, 5.74) is -0.448. The summed E-state index contributed by atoms with van der Waals surface area (Å²) in [5, 5.41) is 5.28. The predicted octanol–water partition coefficient (Wildman–Crippen LogP) is 2.59. The Balaban J connectivity index is 1.72. The second-order valence-electron chi connectivity index (χ2n) is 6.76. The van der Waals surface area contributed by atoms with Crippen molar-refractivity contribution in [2.75, 3.05) is 11.9 Å². The normalized spacial score (nSPS) is 18.9. The number of nitrogens with one attached hydrogen (secondary N) is 2. The average molecular weight is 383 g/mol. The first-order valence-corrected chi connectivity index (χ1v) is 8.88. The summed E-state index contributed by atoms with van der Waals surface area (Å²) in [6.07, 6.45) is 0.348. The molecular formula is C20H21N3O5. The lowest BCUT2D eigenvalue weighted by atomic mass is 9.99. The smallest absolute Gasteiger partial charge is 0.325 e. The van der Waals surface area contributed by atoms with Crippen LogP contribution in [0.15, 0.2) is 40.8 Å². The largest absolute Gasteiger partial charge is 0.463 e. The molecule has 1 unspecified atom stereocenters. The van der Waals surface area contributed by atoms with Gasteiger partial charge in [-0.1, -0.05) is 6.92 Å². The maximum atomic E-state index is 12.8. The van der Waals surface area contributed by atoms with Crippen LogP contribution < -0.4 is 10.6 Å². The maximum Gasteiger partial charge on any atom is 0.325 e. The van der Waals surface area contributed by atoms with Crippen LogP contribution in [0.5, 0.6) is 0 Å². The Kier molecular flexibility index (Phi) is 5.04. The van der Waals surface area contributed by atoms with Gasteiger partial charge in [-0.2, -0.15) is 0 Å². The van der Waals surface area contributed by atoms with E-state index in [1.54, 1.807) is 57.2 Å². The minimum Gasteiger partial charge on any atom is -0.463 e. The molecule has 0 spiro atoms. The number of imide groups is 1. The topological polar surface area (TPSA) is 109 Å². The third-order valence-electron chi connectivity index (χ3n) is 4.62. The number of anilines is 1. The number of ketones is 1. The van der Waals surface area contributed by atoms with E-state index in [0.717, 1.165) is 4.90 Å². The number of benzene rings is 1. The monoisotopic (exact) mass is 383 g/mol. The maximum absolute atomic E-state index is 12.8. The van der Waals surface area contributed by atoms with Crippen LogP contribution in [-0.4, -0.2) is 35.1 Å². The summed E-state index contributed by atoms with van der Waals surface area (Å²) in [7, 11) is 0. The number of hydrogen-bond acceptors (Lipinski definition) is 5. The molecule has 1 aliphatic heterocycles. The molecule has 2 aromatic rings.